The van der Waals surface area contributed by atoms with Crippen LogP contribution in [-0.2, 0) is 6.54 Å². The van der Waals surface area contributed by atoms with E-state index in [1.807, 2.05) is 6.07 Å². The predicted molar refractivity (Wildman–Crippen MR) is 61.3 cm³/mol. The van der Waals surface area contributed by atoms with E-state index in [-0.39, 0.29) is 5.75 Å². The molecule has 0 aliphatic heterocycles. The standard InChI is InChI=1S/C12H19NO2/c1-4-9(2)13-8-10-5-6-11(14)7-12(10)15-3/h5-7,9,13-14H,4,8H2,1-3H3. The van der Waals surface area contributed by atoms with Crippen LogP contribution in [0.4, 0.5) is 0 Å². The molecule has 2 N–H and O–H groups in total. The summed E-state index contributed by atoms with van der Waals surface area (Å²) in [5.41, 5.74) is 1.07. The minimum absolute atomic E-state index is 0.235. The highest BCUT2D eigenvalue weighted by Crippen LogP contribution is 2.23. The van der Waals surface area contributed by atoms with Gasteiger partial charge in [0.05, 0.1) is 7.11 Å². The van der Waals surface area contributed by atoms with Gasteiger partial charge in [-0.1, -0.05) is 13.0 Å². The first kappa shape index (κ1) is 11.9. The summed E-state index contributed by atoms with van der Waals surface area (Å²) in [7, 11) is 1.61. The van der Waals surface area contributed by atoms with Crippen molar-refractivity contribution in [3.63, 3.8) is 0 Å². The number of methoxy groups -OCH3 is 1. The zero-order valence-electron chi connectivity index (χ0n) is 9.58. The number of aromatic hydroxyl groups is 1. The number of ether oxygens (including phenoxy) is 1. The zero-order chi connectivity index (χ0) is 11.3. The SMILES string of the molecule is CCC(C)NCc1ccc(O)cc1OC. The van der Waals surface area contributed by atoms with Crippen LogP contribution in [0.3, 0.4) is 0 Å². The third-order valence-corrected chi connectivity index (χ3v) is 2.52. The number of hydrogen-bond donors (Lipinski definition) is 2. The van der Waals surface area contributed by atoms with Crippen molar-refractivity contribution in [1.82, 2.24) is 5.32 Å². The largest absolute Gasteiger partial charge is 0.508 e. The summed E-state index contributed by atoms with van der Waals surface area (Å²) in [6.07, 6.45) is 1.10. The number of benzene rings is 1. The van der Waals surface area contributed by atoms with Gasteiger partial charge in [0.1, 0.15) is 11.5 Å². The highest BCUT2D eigenvalue weighted by Gasteiger charge is 2.05. The molecule has 1 atom stereocenters. The van der Waals surface area contributed by atoms with E-state index in [1.54, 1.807) is 19.2 Å². The van der Waals surface area contributed by atoms with Crippen LogP contribution < -0.4 is 10.1 Å². The normalized spacial score (nSPS) is 12.5. The minimum atomic E-state index is 0.235. The quantitative estimate of drug-likeness (QED) is 0.781. The molecule has 84 valence electrons. The van der Waals surface area contributed by atoms with E-state index in [4.69, 9.17) is 4.74 Å². The van der Waals surface area contributed by atoms with Crippen molar-refractivity contribution in [2.75, 3.05) is 7.11 Å². The van der Waals surface area contributed by atoms with Crippen LogP contribution in [0, 0.1) is 0 Å². The Morgan fingerprint density at radius 1 is 1.47 bits per heavy atom. The van der Waals surface area contributed by atoms with E-state index in [9.17, 15) is 5.11 Å². The van der Waals surface area contributed by atoms with E-state index in [0.29, 0.717) is 6.04 Å². The number of phenolic OH excluding ortho intramolecular Hbond substituents is 1. The molecule has 1 unspecified atom stereocenters. The molecule has 1 aromatic rings. The Morgan fingerprint density at radius 3 is 2.80 bits per heavy atom. The molecule has 0 radical (unpaired) electrons. The first-order valence-electron chi connectivity index (χ1n) is 5.26. The van der Waals surface area contributed by atoms with Gasteiger partial charge in [0.15, 0.2) is 0 Å². The fourth-order valence-corrected chi connectivity index (χ4v) is 1.31. The third-order valence-electron chi connectivity index (χ3n) is 2.52. The van der Waals surface area contributed by atoms with Crippen molar-refractivity contribution in [3.8, 4) is 11.5 Å². The number of nitrogens with one attached hydrogen (secondary N) is 1. The Hall–Kier alpha value is -1.22. The monoisotopic (exact) mass is 209 g/mol. The number of hydrogen-bond acceptors (Lipinski definition) is 3. The van der Waals surface area contributed by atoms with Gasteiger partial charge in [0.2, 0.25) is 0 Å². The van der Waals surface area contributed by atoms with Gasteiger partial charge < -0.3 is 15.2 Å². The van der Waals surface area contributed by atoms with Gasteiger partial charge in [0, 0.05) is 24.2 Å². The maximum atomic E-state index is 9.29. The van der Waals surface area contributed by atoms with Gasteiger partial charge in [-0.25, -0.2) is 0 Å². The fourth-order valence-electron chi connectivity index (χ4n) is 1.31. The average molecular weight is 209 g/mol. The summed E-state index contributed by atoms with van der Waals surface area (Å²) < 4.78 is 5.19. The highest BCUT2D eigenvalue weighted by atomic mass is 16.5. The molecule has 1 aromatic carbocycles. The summed E-state index contributed by atoms with van der Waals surface area (Å²) >= 11 is 0. The van der Waals surface area contributed by atoms with Gasteiger partial charge in [-0.15, -0.1) is 0 Å². The van der Waals surface area contributed by atoms with E-state index in [2.05, 4.69) is 19.2 Å². The van der Waals surface area contributed by atoms with Gasteiger partial charge in [-0.05, 0) is 19.4 Å². The van der Waals surface area contributed by atoms with Gasteiger partial charge in [-0.3, -0.25) is 0 Å². The molecule has 0 bridgehead atoms. The van der Waals surface area contributed by atoms with Crippen molar-refractivity contribution in [2.45, 2.75) is 32.9 Å². The topological polar surface area (TPSA) is 41.5 Å². The van der Waals surface area contributed by atoms with Crippen LogP contribution in [0.2, 0.25) is 0 Å². The maximum Gasteiger partial charge on any atom is 0.127 e. The molecule has 0 heterocycles. The van der Waals surface area contributed by atoms with Gasteiger partial charge in [-0.2, -0.15) is 0 Å². The molecule has 0 saturated heterocycles. The minimum Gasteiger partial charge on any atom is -0.508 e. The first-order valence-corrected chi connectivity index (χ1v) is 5.26. The summed E-state index contributed by atoms with van der Waals surface area (Å²) in [6, 6.07) is 5.68. The third kappa shape index (κ3) is 3.44. The molecular formula is C12H19NO2. The van der Waals surface area contributed by atoms with Crippen molar-refractivity contribution in [2.24, 2.45) is 0 Å². The Labute approximate surface area is 91.1 Å². The Kier molecular flexibility index (Phi) is 4.43. The van der Waals surface area contributed by atoms with E-state index in [0.717, 1.165) is 24.3 Å². The molecule has 15 heavy (non-hydrogen) atoms. The van der Waals surface area contributed by atoms with Crippen molar-refractivity contribution < 1.29 is 9.84 Å². The van der Waals surface area contributed by atoms with Crippen LogP contribution in [-0.4, -0.2) is 18.3 Å². The second-order valence-electron chi connectivity index (χ2n) is 3.69. The summed E-state index contributed by atoms with van der Waals surface area (Å²) in [5, 5.41) is 12.7. The smallest absolute Gasteiger partial charge is 0.127 e. The molecule has 3 nitrogen and oxygen atoms in total. The summed E-state index contributed by atoms with van der Waals surface area (Å²) in [4.78, 5) is 0. The highest BCUT2D eigenvalue weighted by molar-refractivity contribution is 5.39. The van der Waals surface area contributed by atoms with Gasteiger partial charge in [0.25, 0.3) is 0 Å². The molecule has 0 aromatic heterocycles. The van der Waals surface area contributed by atoms with Crippen LogP contribution in [0.1, 0.15) is 25.8 Å². The number of rotatable bonds is 5. The molecule has 3 heteroatoms. The van der Waals surface area contributed by atoms with Crippen molar-refractivity contribution in [3.05, 3.63) is 23.8 Å². The zero-order valence-corrected chi connectivity index (χ0v) is 9.58. The molecule has 0 amide bonds. The summed E-state index contributed by atoms with van der Waals surface area (Å²) in [5.74, 6) is 0.963. The molecule has 0 fully saturated rings. The molecule has 0 aliphatic carbocycles. The maximum absolute atomic E-state index is 9.29. The average Bonchev–Trinajstić information content (AvgIpc) is 2.26. The Bertz CT molecular complexity index is 312. The predicted octanol–water partition coefficient (Wildman–Crippen LogP) is 2.29. The van der Waals surface area contributed by atoms with Crippen LogP contribution in [0.25, 0.3) is 0 Å². The molecule has 0 aliphatic rings. The van der Waals surface area contributed by atoms with Crippen molar-refractivity contribution >= 4 is 0 Å². The molecular weight excluding hydrogens is 190 g/mol. The summed E-state index contributed by atoms with van der Waals surface area (Å²) in [6.45, 7) is 5.05. The lowest BCUT2D eigenvalue weighted by atomic mass is 10.1. The van der Waals surface area contributed by atoms with Crippen molar-refractivity contribution in [1.29, 1.82) is 0 Å². The second-order valence-corrected chi connectivity index (χ2v) is 3.69. The van der Waals surface area contributed by atoms with E-state index >= 15 is 0 Å². The Balaban J connectivity index is 2.67. The lowest BCUT2D eigenvalue weighted by Crippen LogP contribution is -2.24. The van der Waals surface area contributed by atoms with Crippen LogP contribution in [0.5, 0.6) is 11.5 Å². The fraction of sp³-hybridized carbons (Fsp3) is 0.500. The molecule has 0 spiro atoms. The van der Waals surface area contributed by atoms with Gasteiger partial charge >= 0.3 is 0 Å². The second kappa shape index (κ2) is 5.61. The van der Waals surface area contributed by atoms with E-state index in [1.165, 1.54) is 0 Å². The van der Waals surface area contributed by atoms with E-state index < -0.39 is 0 Å². The lowest BCUT2D eigenvalue weighted by molar-refractivity contribution is 0.398. The lowest BCUT2D eigenvalue weighted by Gasteiger charge is -2.13. The number of phenols is 1. The Morgan fingerprint density at radius 2 is 2.20 bits per heavy atom. The molecule has 1 rings (SSSR count). The first-order chi connectivity index (χ1) is 7.17. The van der Waals surface area contributed by atoms with Crippen LogP contribution >= 0.6 is 0 Å². The van der Waals surface area contributed by atoms with Crippen LogP contribution in [0.15, 0.2) is 18.2 Å². The molecule has 0 saturated carbocycles.